The summed E-state index contributed by atoms with van der Waals surface area (Å²) in [5.41, 5.74) is -0.154. The fraction of sp³-hybridized carbons (Fsp3) is 0.0769. The topological polar surface area (TPSA) is 91.5 Å². The molecule has 4 rings (SSSR count). The number of aromatic carboxylic acids is 1. The first-order valence-electron chi connectivity index (χ1n) is 10.8. The van der Waals surface area contributed by atoms with Crippen molar-refractivity contribution in [2.45, 2.75) is 12.4 Å². The summed E-state index contributed by atoms with van der Waals surface area (Å²) in [6.45, 7) is 6.75. The van der Waals surface area contributed by atoms with E-state index in [0.29, 0.717) is 17.1 Å². The second kappa shape index (κ2) is 13.3. The minimum absolute atomic E-state index is 0. The summed E-state index contributed by atoms with van der Waals surface area (Å²) in [4.78, 5) is 21.2. The van der Waals surface area contributed by atoms with Gasteiger partial charge in [-0.25, -0.2) is 9.78 Å². The molecule has 0 amide bonds. The molecule has 0 atom stereocenters. The number of alkyl halides is 6. The van der Waals surface area contributed by atoms with E-state index < -0.39 is 29.4 Å². The number of rotatable bonds is 5. The van der Waals surface area contributed by atoms with Crippen LogP contribution in [-0.2, 0) is 12.4 Å². The van der Waals surface area contributed by atoms with Gasteiger partial charge in [0.15, 0.2) is 0 Å². The summed E-state index contributed by atoms with van der Waals surface area (Å²) >= 11 is 0. The Kier molecular flexibility index (Phi) is 10.4. The molecule has 3 N–H and O–H groups in total. The number of aromatic nitrogens is 2. The van der Waals surface area contributed by atoms with Crippen molar-refractivity contribution >= 4 is 46.9 Å². The van der Waals surface area contributed by atoms with Gasteiger partial charge in [0.1, 0.15) is 11.9 Å². The third-order valence-corrected chi connectivity index (χ3v) is 4.80. The molecule has 0 fully saturated rings. The molecule has 40 heavy (non-hydrogen) atoms. The summed E-state index contributed by atoms with van der Waals surface area (Å²) in [6.07, 6.45) is -6.15. The zero-order chi connectivity index (χ0) is 28.6. The average molecular weight is 582 g/mol. The third kappa shape index (κ3) is 9.17. The average Bonchev–Trinajstić information content (AvgIpc) is 2.89. The minimum atomic E-state index is -4.41. The Bertz CT molecular complexity index is 1470. The van der Waals surface area contributed by atoms with E-state index in [2.05, 4.69) is 25.4 Å². The quantitative estimate of drug-likeness (QED) is 0.162. The Morgan fingerprint density at radius 3 is 1.55 bits per heavy atom. The fourth-order valence-electron chi connectivity index (χ4n) is 3.00. The Labute approximate surface area is 229 Å². The van der Waals surface area contributed by atoms with Crippen LogP contribution in [0.2, 0.25) is 0 Å². The van der Waals surface area contributed by atoms with E-state index in [1.807, 2.05) is 0 Å². The van der Waals surface area contributed by atoms with Gasteiger partial charge >= 0.3 is 18.3 Å². The number of hydrogen-bond donors (Lipinski definition) is 3. The highest BCUT2D eigenvalue weighted by atomic mass is 35.5. The van der Waals surface area contributed by atoms with E-state index in [1.165, 1.54) is 54.9 Å². The molecule has 0 aliphatic heterocycles. The summed E-state index contributed by atoms with van der Waals surface area (Å²) < 4.78 is 75.2. The number of pyridine rings is 2. The molecule has 0 saturated heterocycles. The Morgan fingerprint density at radius 1 is 0.725 bits per heavy atom. The minimum Gasteiger partial charge on any atom is -0.477 e. The summed E-state index contributed by atoms with van der Waals surface area (Å²) in [5, 5.41) is 14.2. The van der Waals surface area contributed by atoms with Crippen LogP contribution in [0, 0.1) is 6.57 Å². The lowest BCUT2D eigenvalue weighted by Gasteiger charge is -2.10. The Morgan fingerprint density at radius 2 is 1.20 bits per heavy atom. The zero-order valence-corrected chi connectivity index (χ0v) is 20.8. The maximum absolute atomic E-state index is 12.5. The predicted octanol–water partition coefficient (Wildman–Crippen LogP) is 8.36. The number of halogens is 7. The number of hydrogen-bond acceptors (Lipinski definition) is 5. The number of nitrogens with one attached hydrogen (secondary N) is 2. The molecule has 2 aromatic carbocycles. The van der Waals surface area contributed by atoms with Gasteiger partial charge in [-0.15, -0.1) is 17.4 Å². The van der Waals surface area contributed by atoms with Crippen LogP contribution in [-0.4, -0.2) is 21.0 Å². The van der Waals surface area contributed by atoms with Gasteiger partial charge in [-0.1, -0.05) is 18.7 Å². The first-order valence-corrected chi connectivity index (χ1v) is 10.8. The Hall–Kier alpha value is -4.83. The molecule has 2 aromatic heterocycles. The first kappa shape index (κ1) is 31.4. The van der Waals surface area contributed by atoms with E-state index in [-0.39, 0.29) is 29.6 Å². The van der Waals surface area contributed by atoms with Crippen LogP contribution >= 0.6 is 12.4 Å². The van der Waals surface area contributed by atoms with Gasteiger partial charge in [-0.3, -0.25) is 0 Å². The second-order valence-electron chi connectivity index (χ2n) is 7.66. The first-order chi connectivity index (χ1) is 18.3. The highest BCUT2D eigenvalue weighted by Crippen LogP contribution is 2.32. The largest absolute Gasteiger partial charge is 0.477 e. The number of carbonyl (C=O) groups is 1. The van der Waals surface area contributed by atoms with Gasteiger partial charge in [0.25, 0.3) is 5.82 Å². The maximum Gasteiger partial charge on any atom is 0.416 e. The van der Waals surface area contributed by atoms with Crippen LogP contribution < -0.4 is 10.6 Å². The van der Waals surface area contributed by atoms with Gasteiger partial charge in [0.2, 0.25) is 0 Å². The van der Waals surface area contributed by atoms with Gasteiger partial charge in [0, 0.05) is 11.4 Å². The van der Waals surface area contributed by atoms with Crippen molar-refractivity contribution in [2.75, 3.05) is 10.6 Å². The molecule has 0 aliphatic rings. The van der Waals surface area contributed by atoms with Crippen molar-refractivity contribution in [3.8, 4) is 0 Å². The van der Waals surface area contributed by atoms with E-state index in [1.54, 1.807) is 6.07 Å². The predicted molar refractivity (Wildman–Crippen MR) is 138 cm³/mol. The number of benzene rings is 2. The summed E-state index contributed by atoms with van der Waals surface area (Å²) in [7, 11) is 0. The summed E-state index contributed by atoms with van der Waals surface area (Å²) in [5.74, 6) is -0.940. The van der Waals surface area contributed by atoms with E-state index in [9.17, 15) is 31.1 Å². The SMILES string of the molecule is Cl.O=C(O)c1ccc(Nc2cccc(C(F)(F)F)c2)cn1.[C-]#[N+]c1ccc(Nc2cccc(C(F)(F)F)c2)cn1. The van der Waals surface area contributed by atoms with Crippen molar-refractivity contribution in [3.63, 3.8) is 0 Å². The van der Waals surface area contributed by atoms with Gasteiger partial charge in [-0.05, 0) is 60.7 Å². The molecule has 2 heterocycles. The molecule has 0 unspecified atom stereocenters. The van der Waals surface area contributed by atoms with Crippen LogP contribution in [0.5, 0.6) is 0 Å². The lowest BCUT2D eigenvalue weighted by Crippen LogP contribution is -2.05. The molecule has 0 saturated carbocycles. The highest BCUT2D eigenvalue weighted by molar-refractivity contribution is 5.86. The van der Waals surface area contributed by atoms with Gasteiger partial charge in [-0.2, -0.15) is 26.3 Å². The monoisotopic (exact) mass is 581 g/mol. The highest BCUT2D eigenvalue weighted by Gasteiger charge is 2.31. The van der Waals surface area contributed by atoms with Crippen LogP contribution in [0.3, 0.4) is 0 Å². The third-order valence-electron chi connectivity index (χ3n) is 4.80. The summed E-state index contributed by atoms with van der Waals surface area (Å²) in [6, 6.07) is 15.3. The Balaban J connectivity index is 0.000000274. The lowest BCUT2D eigenvalue weighted by atomic mass is 10.2. The number of nitrogens with zero attached hydrogens (tertiary/aromatic N) is 3. The van der Waals surface area contributed by atoms with Crippen molar-refractivity contribution in [2.24, 2.45) is 0 Å². The molecule has 208 valence electrons. The number of carboxylic acids is 1. The van der Waals surface area contributed by atoms with Crippen molar-refractivity contribution in [3.05, 3.63) is 113 Å². The lowest BCUT2D eigenvalue weighted by molar-refractivity contribution is -0.138. The second-order valence-corrected chi connectivity index (χ2v) is 7.66. The van der Waals surface area contributed by atoms with Crippen LogP contribution in [0.25, 0.3) is 4.85 Å². The fourth-order valence-corrected chi connectivity index (χ4v) is 3.00. The van der Waals surface area contributed by atoms with E-state index in [4.69, 9.17) is 11.7 Å². The molecular weight excluding hydrogens is 564 g/mol. The molecule has 0 radical (unpaired) electrons. The van der Waals surface area contributed by atoms with Crippen molar-refractivity contribution in [1.29, 1.82) is 0 Å². The standard InChI is InChI=1S/C13H8F3N3.C13H9F3N2O2.ClH/c1-17-12-6-5-11(8-18-12)19-10-4-2-3-9(7-10)13(14,15)16;14-13(15,16)8-2-1-3-9(6-8)18-10-4-5-11(12(19)20)17-7-10;/h2-8,19H;1-7,18H,(H,19,20);1H. The van der Waals surface area contributed by atoms with Crippen molar-refractivity contribution in [1.82, 2.24) is 9.97 Å². The van der Waals surface area contributed by atoms with E-state index in [0.717, 1.165) is 24.3 Å². The van der Waals surface area contributed by atoms with Crippen molar-refractivity contribution < 1.29 is 36.2 Å². The zero-order valence-electron chi connectivity index (χ0n) is 20.0. The smallest absolute Gasteiger partial charge is 0.416 e. The normalized spacial score (nSPS) is 10.7. The van der Waals surface area contributed by atoms with Crippen LogP contribution in [0.1, 0.15) is 21.6 Å². The number of carboxylic acid groups (broad SMARTS) is 1. The molecule has 0 aliphatic carbocycles. The molecule has 0 bridgehead atoms. The molecule has 7 nitrogen and oxygen atoms in total. The number of anilines is 4. The maximum atomic E-state index is 12.5. The van der Waals surface area contributed by atoms with E-state index >= 15 is 0 Å². The molecule has 0 spiro atoms. The molecular formula is C26H18ClF6N5O2. The van der Waals surface area contributed by atoms with Crippen LogP contribution in [0.4, 0.5) is 54.9 Å². The van der Waals surface area contributed by atoms with Gasteiger partial charge in [0.05, 0.1) is 28.7 Å². The van der Waals surface area contributed by atoms with Gasteiger partial charge < -0.3 is 20.6 Å². The molecule has 4 aromatic rings. The molecule has 14 heteroatoms. The van der Waals surface area contributed by atoms with Crippen LogP contribution in [0.15, 0.2) is 85.2 Å².